The molecule has 1 amide bonds. The summed E-state index contributed by atoms with van der Waals surface area (Å²) in [5, 5.41) is 0. The fourth-order valence-corrected chi connectivity index (χ4v) is 0.126. The maximum absolute atomic E-state index is 9.78. The molecule has 0 aliphatic carbocycles. The molecule has 0 unspecified atom stereocenters. The summed E-state index contributed by atoms with van der Waals surface area (Å²) in [6, 6.07) is 0. The number of hydrogen-bond donors (Lipinski definition) is 1. The van der Waals surface area contributed by atoms with Crippen molar-refractivity contribution in [2.24, 2.45) is 10.7 Å². The summed E-state index contributed by atoms with van der Waals surface area (Å²) in [6.07, 6.45) is 2.23. The van der Waals surface area contributed by atoms with Crippen molar-refractivity contribution in [3.63, 3.8) is 0 Å². The lowest BCUT2D eigenvalue weighted by Crippen LogP contribution is -2.10. The molecule has 2 N–H and O–H groups in total. The van der Waals surface area contributed by atoms with Crippen molar-refractivity contribution in [2.45, 2.75) is 0 Å². The van der Waals surface area contributed by atoms with Crippen LogP contribution in [-0.4, -0.2) is 12.1 Å². The van der Waals surface area contributed by atoms with Gasteiger partial charge in [0.1, 0.15) is 0 Å². The Hall–Kier alpha value is -1.12. The van der Waals surface area contributed by atoms with Crippen LogP contribution in [0.5, 0.6) is 0 Å². The van der Waals surface area contributed by atoms with Crippen molar-refractivity contribution in [1.29, 1.82) is 0 Å². The number of carbonyl (C=O) groups is 1. The minimum atomic E-state index is -0.556. The number of carbonyl (C=O) groups excluding carboxylic acids is 1. The first kappa shape index (κ1) is 5.88. The zero-order chi connectivity index (χ0) is 5.70. The van der Waals surface area contributed by atoms with E-state index in [1.165, 1.54) is 6.20 Å². The van der Waals surface area contributed by atoms with E-state index in [9.17, 15) is 4.79 Å². The summed E-state index contributed by atoms with van der Waals surface area (Å²) < 4.78 is 0. The topological polar surface area (TPSA) is 55.4 Å². The zero-order valence-electron chi connectivity index (χ0n) is 3.79. The Bertz CT molecular complexity index is 106. The lowest BCUT2D eigenvalue weighted by atomic mass is 10.7. The molecule has 3 heteroatoms. The first-order valence-electron chi connectivity index (χ1n) is 1.71. The van der Waals surface area contributed by atoms with Gasteiger partial charge in [-0.2, -0.15) is 0 Å². The zero-order valence-corrected chi connectivity index (χ0v) is 3.79. The predicted molar refractivity (Wildman–Crippen MR) is 27.9 cm³/mol. The van der Waals surface area contributed by atoms with Gasteiger partial charge >= 0.3 is 0 Å². The van der Waals surface area contributed by atoms with E-state index in [4.69, 9.17) is 0 Å². The van der Waals surface area contributed by atoms with Gasteiger partial charge in [-0.1, -0.05) is 6.58 Å². The van der Waals surface area contributed by atoms with Gasteiger partial charge in [0, 0.05) is 6.20 Å². The lowest BCUT2D eigenvalue weighted by Gasteiger charge is -1.71. The fraction of sp³-hybridized carbons (Fsp3) is 0. The Morgan fingerprint density at radius 2 is 2.43 bits per heavy atom. The summed E-state index contributed by atoms with van der Waals surface area (Å²) in [5.41, 5.74) is 4.64. The van der Waals surface area contributed by atoms with E-state index in [1.807, 2.05) is 0 Å². The fourth-order valence-electron chi connectivity index (χ4n) is 0.126. The maximum Gasteiger partial charge on any atom is 0.259 e. The van der Waals surface area contributed by atoms with Crippen molar-refractivity contribution in [3.05, 3.63) is 12.8 Å². The highest BCUT2D eigenvalue weighted by molar-refractivity contribution is 6.25. The molecule has 0 aliphatic rings. The number of nitrogens with two attached hydrogens (primary N) is 1. The van der Waals surface area contributed by atoms with E-state index in [2.05, 4.69) is 17.3 Å². The predicted octanol–water partition coefficient (Wildman–Crippen LogP) is -0.314. The molecule has 38 valence electrons. The number of rotatable bonds is 2. The minimum Gasteiger partial charge on any atom is -0.365 e. The number of primary amides is 1. The molecule has 0 atom stereocenters. The number of hydrogen-bond acceptors (Lipinski definition) is 2. The Morgan fingerprint density at radius 3 is 2.57 bits per heavy atom. The van der Waals surface area contributed by atoms with Crippen LogP contribution in [0.4, 0.5) is 0 Å². The largest absolute Gasteiger partial charge is 0.365 e. The second kappa shape index (κ2) is 3.08. The molecule has 0 heterocycles. The van der Waals surface area contributed by atoms with Gasteiger partial charge < -0.3 is 5.73 Å². The molecule has 0 spiro atoms. The second-order valence-corrected chi connectivity index (χ2v) is 0.863. The number of aliphatic imine (C=N–C) groups is 1. The molecule has 0 saturated heterocycles. The van der Waals surface area contributed by atoms with Crippen LogP contribution in [0, 0.1) is 0 Å². The van der Waals surface area contributed by atoms with Gasteiger partial charge in [-0.25, -0.2) is 0 Å². The summed E-state index contributed by atoms with van der Waals surface area (Å²) in [6.45, 7) is 3.23. The molecule has 0 fully saturated rings. The van der Waals surface area contributed by atoms with Crippen LogP contribution in [0.2, 0.25) is 0 Å². The van der Waals surface area contributed by atoms with E-state index in [-0.39, 0.29) is 0 Å². The SMILES string of the molecule is C=CN=CC(N)=O. The molecule has 0 aromatic heterocycles. The molecule has 0 aromatic carbocycles. The van der Waals surface area contributed by atoms with E-state index in [0.717, 1.165) is 6.21 Å². The van der Waals surface area contributed by atoms with Crippen molar-refractivity contribution >= 4 is 12.1 Å². The standard InChI is InChI=1S/C4H6N2O/c1-2-6-3-4(5)7/h2-3H,1H2,(H2,5,7). The van der Waals surface area contributed by atoms with Crippen LogP contribution in [0.3, 0.4) is 0 Å². The molecule has 0 bridgehead atoms. The molecule has 0 saturated carbocycles. The lowest BCUT2D eigenvalue weighted by molar-refractivity contribution is -0.111. The third kappa shape index (κ3) is 4.88. The average molecular weight is 98.1 g/mol. The normalized spacial score (nSPS) is 9.14. The van der Waals surface area contributed by atoms with Gasteiger partial charge in [-0.3, -0.25) is 9.79 Å². The van der Waals surface area contributed by atoms with Gasteiger partial charge in [0.05, 0.1) is 6.21 Å². The van der Waals surface area contributed by atoms with Gasteiger partial charge in [0.15, 0.2) is 0 Å². The molecular formula is C4H6N2O. The Balaban J connectivity index is 3.46. The summed E-state index contributed by atoms with van der Waals surface area (Å²) in [7, 11) is 0. The molecular weight excluding hydrogens is 92.1 g/mol. The maximum atomic E-state index is 9.78. The van der Waals surface area contributed by atoms with Gasteiger partial charge in [-0.05, 0) is 0 Å². The van der Waals surface area contributed by atoms with Gasteiger partial charge in [0.25, 0.3) is 5.91 Å². The molecule has 7 heavy (non-hydrogen) atoms. The third-order valence-electron chi connectivity index (χ3n) is 0.307. The Labute approximate surface area is 41.5 Å². The Kier molecular flexibility index (Phi) is 2.59. The Morgan fingerprint density at radius 1 is 1.86 bits per heavy atom. The van der Waals surface area contributed by atoms with E-state index in [0.29, 0.717) is 0 Å². The first-order valence-corrected chi connectivity index (χ1v) is 1.71. The molecule has 0 aromatic rings. The van der Waals surface area contributed by atoms with Crippen molar-refractivity contribution in [3.8, 4) is 0 Å². The van der Waals surface area contributed by atoms with E-state index >= 15 is 0 Å². The quantitative estimate of drug-likeness (QED) is 0.473. The van der Waals surface area contributed by atoms with Crippen LogP contribution in [0.15, 0.2) is 17.8 Å². The highest BCUT2D eigenvalue weighted by Gasteiger charge is 1.76. The van der Waals surface area contributed by atoms with Crippen LogP contribution in [0.25, 0.3) is 0 Å². The summed E-state index contributed by atoms with van der Waals surface area (Å²) in [4.78, 5) is 13.1. The number of nitrogens with zero attached hydrogens (tertiary/aromatic N) is 1. The smallest absolute Gasteiger partial charge is 0.259 e. The van der Waals surface area contributed by atoms with Crippen molar-refractivity contribution in [2.75, 3.05) is 0 Å². The van der Waals surface area contributed by atoms with Crippen LogP contribution in [-0.2, 0) is 4.79 Å². The van der Waals surface area contributed by atoms with Crippen molar-refractivity contribution in [1.82, 2.24) is 0 Å². The van der Waals surface area contributed by atoms with Gasteiger partial charge in [0.2, 0.25) is 0 Å². The van der Waals surface area contributed by atoms with Crippen LogP contribution < -0.4 is 5.73 Å². The van der Waals surface area contributed by atoms with Crippen LogP contribution in [0.1, 0.15) is 0 Å². The summed E-state index contributed by atoms with van der Waals surface area (Å²) in [5.74, 6) is -0.556. The third-order valence-corrected chi connectivity index (χ3v) is 0.307. The van der Waals surface area contributed by atoms with Crippen molar-refractivity contribution < 1.29 is 4.79 Å². The number of amides is 1. The molecule has 0 rings (SSSR count). The second-order valence-electron chi connectivity index (χ2n) is 0.863. The first-order chi connectivity index (χ1) is 3.27. The van der Waals surface area contributed by atoms with Crippen LogP contribution >= 0.6 is 0 Å². The molecule has 3 nitrogen and oxygen atoms in total. The highest BCUT2D eigenvalue weighted by Crippen LogP contribution is 1.59. The summed E-state index contributed by atoms with van der Waals surface area (Å²) >= 11 is 0. The highest BCUT2D eigenvalue weighted by atomic mass is 16.1. The minimum absolute atomic E-state index is 0.556. The molecule has 0 radical (unpaired) electrons. The monoisotopic (exact) mass is 98.0 g/mol. The van der Waals surface area contributed by atoms with Gasteiger partial charge in [-0.15, -0.1) is 0 Å². The van der Waals surface area contributed by atoms with E-state index < -0.39 is 5.91 Å². The average Bonchev–Trinajstić information content (AvgIpc) is 1.61. The van der Waals surface area contributed by atoms with E-state index in [1.54, 1.807) is 0 Å². The molecule has 0 aliphatic heterocycles.